The molecular weight excluding hydrogens is 288 g/mol. The fraction of sp³-hybridized carbons (Fsp3) is 0.278. The fourth-order valence-corrected chi connectivity index (χ4v) is 2.40. The second-order valence-corrected chi connectivity index (χ2v) is 5.77. The van der Waals surface area contributed by atoms with Gasteiger partial charge in [-0.1, -0.05) is 36.8 Å². The van der Waals surface area contributed by atoms with Crippen LogP contribution in [-0.2, 0) is 0 Å². The summed E-state index contributed by atoms with van der Waals surface area (Å²) < 4.78 is 1.72. The second-order valence-electron chi connectivity index (χ2n) is 5.77. The standard InChI is InChI=1S/C18H20N4O/c1-4-13(3)21-18(23)15-11-20-22-16(9-10-19-17(15)22)14-7-5-12(2)6-8-14/h5-11,13H,4H2,1-3H3,(H,21,23). The summed E-state index contributed by atoms with van der Waals surface area (Å²) in [7, 11) is 0. The van der Waals surface area contributed by atoms with Crippen LogP contribution in [0.1, 0.15) is 36.2 Å². The van der Waals surface area contributed by atoms with Crippen molar-refractivity contribution >= 4 is 11.6 Å². The monoisotopic (exact) mass is 308 g/mol. The molecule has 0 aliphatic heterocycles. The zero-order chi connectivity index (χ0) is 16.4. The fourth-order valence-electron chi connectivity index (χ4n) is 2.40. The first-order valence-corrected chi connectivity index (χ1v) is 7.80. The van der Waals surface area contributed by atoms with E-state index in [2.05, 4.69) is 34.5 Å². The zero-order valence-corrected chi connectivity index (χ0v) is 13.6. The summed E-state index contributed by atoms with van der Waals surface area (Å²) in [5.74, 6) is -0.136. The molecule has 2 aromatic heterocycles. The number of benzene rings is 1. The smallest absolute Gasteiger partial charge is 0.256 e. The van der Waals surface area contributed by atoms with E-state index in [-0.39, 0.29) is 11.9 Å². The molecule has 0 spiro atoms. The first-order chi connectivity index (χ1) is 11.1. The van der Waals surface area contributed by atoms with Gasteiger partial charge in [0.2, 0.25) is 0 Å². The first-order valence-electron chi connectivity index (χ1n) is 7.80. The quantitative estimate of drug-likeness (QED) is 0.805. The SMILES string of the molecule is CCC(C)NC(=O)c1cnn2c(-c3ccc(C)cc3)ccnc12. The average molecular weight is 308 g/mol. The van der Waals surface area contributed by atoms with E-state index in [4.69, 9.17) is 0 Å². The van der Waals surface area contributed by atoms with Gasteiger partial charge in [0.05, 0.1) is 11.9 Å². The van der Waals surface area contributed by atoms with Crippen LogP contribution in [-0.4, -0.2) is 26.5 Å². The van der Waals surface area contributed by atoms with Crippen LogP contribution in [0, 0.1) is 6.92 Å². The maximum absolute atomic E-state index is 12.4. The van der Waals surface area contributed by atoms with E-state index >= 15 is 0 Å². The van der Waals surface area contributed by atoms with Crippen molar-refractivity contribution in [3.05, 3.63) is 53.9 Å². The second kappa shape index (κ2) is 6.20. The van der Waals surface area contributed by atoms with Crippen LogP contribution in [0.5, 0.6) is 0 Å². The number of aryl methyl sites for hydroxylation is 1. The van der Waals surface area contributed by atoms with Crippen molar-refractivity contribution in [1.82, 2.24) is 19.9 Å². The predicted octanol–water partition coefficient (Wildman–Crippen LogP) is 3.23. The molecule has 118 valence electrons. The Balaban J connectivity index is 2.04. The topological polar surface area (TPSA) is 59.3 Å². The summed E-state index contributed by atoms with van der Waals surface area (Å²) in [6.45, 7) is 6.07. The van der Waals surface area contributed by atoms with Gasteiger partial charge >= 0.3 is 0 Å². The third-order valence-corrected chi connectivity index (χ3v) is 3.98. The maximum atomic E-state index is 12.4. The molecule has 2 heterocycles. The largest absolute Gasteiger partial charge is 0.349 e. The molecule has 1 N–H and O–H groups in total. The Morgan fingerprint density at radius 2 is 2.00 bits per heavy atom. The number of amides is 1. The number of aromatic nitrogens is 3. The summed E-state index contributed by atoms with van der Waals surface area (Å²) in [5, 5.41) is 7.32. The number of fused-ring (bicyclic) bond motifs is 1. The Bertz CT molecular complexity index is 836. The van der Waals surface area contributed by atoms with Gasteiger partial charge in [-0.05, 0) is 26.3 Å². The highest BCUT2D eigenvalue weighted by molar-refractivity contribution is 6.00. The van der Waals surface area contributed by atoms with E-state index in [0.717, 1.165) is 17.7 Å². The Morgan fingerprint density at radius 3 is 2.70 bits per heavy atom. The summed E-state index contributed by atoms with van der Waals surface area (Å²) in [5.41, 5.74) is 4.23. The number of nitrogens with zero attached hydrogens (tertiary/aromatic N) is 3. The highest BCUT2D eigenvalue weighted by Gasteiger charge is 2.17. The van der Waals surface area contributed by atoms with Crippen molar-refractivity contribution < 1.29 is 4.79 Å². The van der Waals surface area contributed by atoms with Gasteiger partial charge in [-0.25, -0.2) is 9.50 Å². The van der Waals surface area contributed by atoms with E-state index < -0.39 is 0 Å². The first kappa shape index (κ1) is 15.2. The van der Waals surface area contributed by atoms with Crippen molar-refractivity contribution in [3.8, 4) is 11.3 Å². The Labute approximate surface area is 135 Å². The Hall–Kier alpha value is -2.69. The minimum absolute atomic E-state index is 0.123. The molecule has 23 heavy (non-hydrogen) atoms. The number of carbonyl (C=O) groups excluding carboxylic acids is 1. The van der Waals surface area contributed by atoms with Gasteiger partial charge in [0, 0.05) is 17.8 Å². The molecule has 0 saturated heterocycles. The van der Waals surface area contributed by atoms with E-state index in [9.17, 15) is 4.79 Å². The molecule has 3 rings (SSSR count). The van der Waals surface area contributed by atoms with Crippen LogP contribution in [0.3, 0.4) is 0 Å². The van der Waals surface area contributed by atoms with E-state index in [1.807, 2.05) is 32.0 Å². The van der Waals surface area contributed by atoms with Gasteiger partial charge in [-0.15, -0.1) is 0 Å². The molecule has 5 heteroatoms. The number of hydrogen-bond acceptors (Lipinski definition) is 3. The predicted molar refractivity (Wildman–Crippen MR) is 90.4 cm³/mol. The summed E-state index contributed by atoms with van der Waals surface area (Å²) in [6, 6.07) is 10.2. The zero-order valence-electron chi connectivity index (χ0n) is 13.6. The normalized spacial score (nSPS) is 12.3. The van der Waals surface area contributed by atoms with Crippen LogP contribution in [0.4, 0.5) is 0 Å². The maximum Gasteiger partial charge on any atom is 0.256 e. The van der Waals surface area contributed by atoms with Crippen LogP contribution in [0.25, 0.3) is 16.9 Å². The molecule has 1 amide bonds. The summed E-state index contributed by atoms with van der Waals surface area (Å²) in [4.78, 5) is 16.7. The van der Waals surface area contributed by atoms with Crippen LogP contribution in [0.2, 0.25) is 0 Å². The molecule has 0 radical (unpaired) electrons. The van der Waals surface area contributed by atoms with Crippen LogP contribution in [0.15, 0.2) is 42.7 Å². The molecule has 0 saturated carbocycles. The van der Waals surface area contributed by atoms with Crippen molar-refractivity contribution in [1.29, 1.82) is 0 Å². The van der Waals surface area contributed by atoms with Gasteiger partial charge < -0.3 is 5.32 Å². The van der Waals surface area contributed by atoms with Gasteiger partial charge in [0.25, 0.3) is 5.91 Å². The number of hydrogen-bond donors (Lipinski definition) is 1. The molecule has 0 fully saturated rings. The molecular formula is C18H20N4O. The molecule has 3 aromatic rings. The highest BCUT2D eigenvalue weighted by Crippen LogP contribution is 2.21. The summed E-state index contributed by atoms with van der Waals surface area (Å²) >= 11 is 0. The van der Waals surface area contributed by atoms with Gasteiger partial charge in [0.1, 0.15) is 5.56 Å². The lowest BCUT2D eigenvalue weighted by atomic mass is 10.1. The number of carbonyl (C=O) groups is 1. The minimum Gasteiger partial charge on any atom is -0.349 e. The number of rotatable bonds is 4. The Kier molecular flexibility index (Phi) is 4.10. The van der Waals surface area contributed by atoms with Gasteiger partial charge in [-0.3, -0.25) is 4.79 Å². The van der Waals surface area contributed by atoms with Crippen LogP contribution < -0.4 is 5.32 Å². The Morgan fingerprint density at radius 1 is 1.26 bits per heavy atom. The molecule has 0 aliphatic carbocycles. The molecule has 1 atom stereocenters. The van der Waals surface area contributed by atoms with Crippen LogP contribution >= 0.6 is 0 Å². The van der Waals surface area contributed by atoms with Crippen molar-refractivity contribution in [2.45, 2.75) is 33.2 Å². The molecule has 0 aliphatic rings. The third kappa shape index (κ3) is 2.95. The van der Waals surface area contributed by atoms with E-state index in [1.165, 1.54) is 5.56 Å². The van der Waals surface area contributed by atoms with E-state index in [0.29, 0.717) is 11.2 Å². The van der Waals surface area contributed by atoms with Crippen molar-refractivity contribution in [3.63, 3.8) is 0 Å². The molecule has 5 nitrogen and oxygen atoms in total. The minimum atomic E-state index is -0.136. The average Bonchev–Trinajstić information content (AvgIpc) is 2.99. The molecule has 1 aromatic carbocycles. The lowest BCUT2D eigenvalue weighted by Gasteiger charge is -2.10. The van der Waals surface area contributed by atoms with Crippen molar-refractivity contribution in [2.24, 2.45) is 0 Å². The van der Waals surface area contributed by atoms with Crippen molar-refractivity contribution in [2.75, 3.05) is 0 Å². The summed E-state index contributed by atoms with van der Waals surface area (Å²) in [6.07, 6.45) is 4.18. The highest BCUT2D eigenvalue weighted by atomic mass is 16.1. The van der Waals surface area contributed by atoms with Gasteiger partial charge in [-0.2, -0.15) is 5.10 Å². The lowest BCUT2D eigenvalue weighted by molar-refractivity contribution is 0.0940. The lowest BCUT2D eigenvalue weighted by Crippen LogP contribution is -2.31. The van der Waals surface area contributed by atoms with E-state index in [1.54, 1.807) is 16.9 Å². The van der Waals surface area contributed by atoms with Gasteiger partial charge in [0.15, 0.2) is 5.65 Å². The third-order valence-electron chi connectivity index (χ3n) is 3.98. The molecule has 0 bridgehead atoms. The molecule has 1 unspecified atom stereocenters. The number of nitrogens with one attached hydrogen (secondary N) is 1.